The van der Waals surface area contributed by atoms with Crippen LogP contribution in [0.15, 0.2) is 36.4 Å². The van der Waals surface area contributed by atoms with E-state index in [1.54, 1.807) is 20.8 Å². The maximum absolute atomic E-state index is 13.1. The van der Waals surface area contributed by atoms with Crippen molar-refractivity contribution >= 4 is 23.4 Å². The number of esters is 1. The molecule has 0 bridgehead atoms. The Labute approximate surface area is 198 Å². The molecule has 1 heterocycles. The SMILES string of the molecule is CC(C)(C)OC(=O)CC(NC(=O)OCc1ccccc1)C(=O)Cn1nnnc1C1=CCCCC1. The van der Waals surface area contributed by atoms with Crippen LogP contribution in [-0.2, 0) is 32.2 Å². The molecular formula is C24H31N5O5. The predicted octanol–water partition coefficient (Wildman–Crippen LogP) is 3.23. The number of hydrogen-bond acceptors (Lipinski definition) is 8. The molecule has 1 aromatic carbocycles. The molecule has 34 heavy (non-hydrogen) atoms. The van der Waals surface area contributed by atoms with Crippen molar-refractivity contribution in [2.45, 2.75) is 77.7 Å². The third-order valence-electron chi connectivity index (χ3n) is 5.10. The lowest BCUT2D eigenvalue weighted by atomic mass is 9.99. The first-order valence-corrected chi connectivity index (χ1v) is 11.4. The third kappa shape index (κ3) is 7.79. The highest BCUT2D eigenvalue weighted by atomic mass is 16.6. The largest absolute Gasteiger partial charge is 0.460 e. The Bertz CT molecular complexity index is 1030. The molecule has 1 aliphatic carbocycles. The van der Waals surface area contributed by atoms with Crippen LogP contribution in [0, 0.1) is 0 Å². The highest BCUT2D eigenvalue weighted by molar-refractivity contribution is 5.91. The minimum absolute atomic E-state index is 0.0331. The molecular weight excluding hydrogens is 438 g/mol. The summed E-state index contributed by atoms with van der Waals surface area (Å²) in [5, 5.41) is 14.2. The van der Waals surface area contributed by atoms with Crippen LogP contribution in [0.2, 0.25) is 0 Å². The lowest BCUT2D eigenvalue weighted by Gasteiger charge is -2.22. The summed E-state index contributed by atoms with van der Waals surface area (Å²) in [5.41, 5.74) is 1.06. The van der Waals surface area contributed by atoms with Gasteiger partial charge in [-0.25, -0.2) is 9.48 Å². The average Bonchev–Trinajstić information content (AvgIpc) is 3.25. The van der Waals surface area contributed by atoms with Crippen molar-refractivity contribution < 1.29 is 23.9 Å². The zero-order valence-electron chi connectivity index (χ0n) is 19.8. The molecule has 10 nitrogen and oxygen atoms in total. The number of Topliss-reactive ketones (excluding diaryl/α,β-unsaturated/α-hetero) is 1. The number of aromatic nitrogens is 4. The first-order chi connectivity index (χ1) is 16.2. The second-order valence-corrected chi connectivity index (χ2v) is 9.15. The Kier molecular flexibility index (Phi) is 8.50. The molecule has 10 heteroatoms. The fraction of sp³-hybridized carbons (Fsp3) is 0.500. The van der Waals surface area contributed by atoms with Crippen LogP contribution in [0.25, 0.3) is 5.57 Å². The third-order valence-corrected chi connectivity index (χ3v) is 5.10. The smallest absolute Gasteiger partial charge is 0.408 e. The Morgan fingerprint density at radius 2 is 1.91 bits per heavy atom. The van der Waals surface area contributed by atoms with Crippen molar-refractivity contribution in [3.63, 3.8) is 0 Å². The maximum atomic E-state index is 13.1. The number of alkyl carbamates (subject to hydrolysis) is 1. The van der Waals surface area contributed by atoms with Crippen LogP contribution in [0.5, 0.6) is 0 Å². The molecule has 1 N–H and O–H groups in total. The van der Waals surface area contributed by atoms with Crippen LogP contribution in [0.3, 0.4) is 0 Å². The van der Waals surface area contributed by atoms with Crippen LogP contribution >= 0.6 is 0 Å². The van der Waals surface area contributed by atoms with E-state index in [0.717, 1.165) is 36.8 Å². The van der Waals surface area contributed by atoms with E-state index in [1.165, 1.54) is 4.68 Å². The number of rotatable bonds is 9. The van der Waals surface area contributed by atoms with Gasteiger partial charge >= 0.3 is 12.1 Å². The highest BCUT2D eigenvalue weighted by Gasteiger charge is 2.29. The van der Waals surface area contributed by atoms with Crippen molar-refractivity contribution in [2.75, 3.05) is 0 Å². The molecule has 182 valence electrons. The van der Waals surface area contributed by atoms with Gasteiger partial charge < -0.3 is 14.8 Å². The summed E-state index contributed by atoms with van der Waals surface area (Å²) in [5.74, 6) is -0.524. The first kappa shape index (κ1) is 25.1. The van der Waals surface area contributed by atoms with Crippen molar-refractivity contribution in [3.05, 3.63) is 47.8 Å². The summed E-state index contributed by atoms with van der Waals surface area (Å²) in [6.45, 7) is 5.02. The summed E-state index contributed by atoms with van der Waals surface area (Å²) in [6, 6.07) is 7.99. The number of nitrogens with one attached hydrogen (secondary N) is 1. The summed E-state index contributed by atoms with van der Waals surface area (Å²) in [7, 11) is 0. The molecule has 1 aromatic heterocycles. The minimum Gasteiger partial charge on any atom is -0.460 e. The topological polar surface area (TPSA) is 125 Å². The van der Waals surface area contributed by atoms with E-state index in [-0.39, 0.29) is 19.6 Å². The summed E-state index contributed by atoms with van der Waals surface area (Å²) in [4.78, 5) is 38.0. The molecule has 3 rings (SSSR count). The van der Waals surface area contributed by atoms with E-state index in [1.807, 2.05) is 30.3 Å². The number of hydrogen-bond donors (Lipinski definition) is 1. The number of benzene rings is 1. The van der Waals surface area contributed by atoms with Crippen molar-refractivity contribution in [1.29, 1.82) is 0 Å². The fourth-order valence-corrected chi connectivity index (χ4v) is 3.54. The molecule has 1 atom stereocenters. The van der Waals surface area contributed by atoms with E-state index in [4.69, 9.17) is 9.47 Å². The molecule has 0 fully saturated rings. The quantitative estimate of drug-likeness (QED) is 0.555. The number of tetrazole rings is 1. The van der Waals surface area contributed by atoms with Gasteiger partial charge in [-0.3, -0.25) is 9.59 Å². The van der Waals surface area contributed by atoms with Gasteiger partial charge in [0.1, 0.15) is 24.8 Å². The lowest BCUT2D eigenvalue weighted by Crippen LogP contribution is -2.45. The molecule has 0 saturated carbocycles. The number of allylic oxidation sites excluding steroid dienone is 2. The zero-order chi connectivity index (χ0) is 24.6. The van der Waals surface area contributed by atoms with E-state index < -0.39 is 29.5 Å². The van der Waals surface area contributed by atoms with Gasteiger partial charge in [-0.2, -0.15) is 0 Å². The molecule has 1 amide bonds. The van der Waals surface area contributed by atoms with Gasteiger partial charge in [-0.1, -0.05) is 36.4 Å². The molecule has 0 saturated heterocycles. The normalized spacial score (nSPS) is 14.6. The van der Waals surface area contributed by atoms with Gasteiger partial charge in [0.2, 0.25) is 0 Å². The van der Waals surface area contributed by atoms with Crippen molar-refractivity contribution in [3.8, 4) is 0 Å². The van der Waals surface area contributed by atoms with Crippen molar-refractivity contribution in [1.82, 2.24) is 25.5 Å². The number of nitrogens with zero attached hydrogens (tertiary/aromatic N) is 4. The van der Waals surface area contributed by atoms with Crippen molar-refractivity contribution in [2.24, 2.45) is 0 Å². The summed E-state index contributed by atoms with van der Waals surface area (Å²) in [6.07, 6.45) is 4.84. The molecule has 0 aliphatic heterocycles. The Hall–Kier alpha value is -3.56. The second-order valence-electron chi connectivity index (χ2n) is 9.15. The standard InChI is InChI=1S/C24H31N5O5/c1-24(2,3)34-21(31)14-19(25-23(32)33-16-17-10-6-4-7-11-17)20(30)15-29-22(26-27-28-29)18-12-8-5-9-13-18/h4,6-7,10-12,19H,5,8-9,13-16H2,1-3H3,(H,25,32). The van der Waals surface area contributed by atoms with E-state index in [2.05, 4.69) is 26.9 Å². The Morgan fingerprint density at radius 3 is 2.59 bits per heavy atom. The number of carbonyl (C=O) groups is 3. The fourth-order valence-electron chi connectivity index (χ4n) is 3.54. The Balaban J connectivity index is 1.69. The Morgan fingerprint density at radius 1 is 1.15 bits per heavy atom. The monoisotopic (exact) mass is 469 g/mol. The number of carbonyl (C=O) groups excluding carboxylic acids is 3. The molecule has 1 aliphatic rings. The molecule has 0 radical (unpaired) electrons. The van der Waals surface area contributed by atoms with Gasteiger partial charge in [0.05, 0.1) is 6.42 Å². The van der Waals surface area contributed by atoms with Gasteiger partial charge in [0.25, 0.3) is 0 Å². The van der Waals surface area contributed by atoms with Gasteiger partial charge in [-0.15, -0.1) is 5.10 Å². The lowest BCUT2D eigenvalue weighted by molar-refractivity contribution is -0.156. The zero-order valence-corrected chi connectivity index (χ0v) is 19.8. The van der Waals surface area contributed by atoms with Crippen LogP contribution in [0.4, 0.5) is 4.79 Å². The van der Waals surface area contributed by atoms with Gasteiger partial charge in [0.15, 0.2) is 11.6 Å². The number of amides is 1. The van der Waals surface area contributed by atoms with Gasteiger partial charge in [0, 0.05) is 0 Å². The minimum atomic E-state index is -1.16. The van der Waals surface area contributed by atoms with E-state index in [0.29, 0.717) is 5.82 Å². The maximum Gasteiger partial charge on any atom is 0.408 e. The number of ether oxygens (including phenoxy) is 2. The van der Waals surface area contributed by atoms with Crippen LogP contribution in [-0.4, -0.2) is 49.7 Å². The van der Waals surface area contributed by atoms with E-state index >= 15 is 0 Å². The first-order valence-electron chi connectivity index (χ1n) is 11.4. The number of ketones is 1. The molecule has 0 spiro atoms. The summed E-state index contributed by atoms with van der Waals surface area (Å²) < 4.78 is 12.0. The predicted molar refractivity (Wildman–Crippen MR) is 123 cm³/mol. The summed E-state index contributed by atoms with van der Waals surface area (Å²) >= 11 is 0. The van der Waals surface area contributed by atoms with Gasteiger partial charge in [-0.05, 0) is 68.0 Å². The average molecular weight is 470 g/mol. The second kappa shape index (κ2) is 11.5. The van der Waals surface area contributed by atoms with Crippen LogP contribution in [0.1, 0.15) is 64.3 Å². The highest BCUT2D eigenvalue weighted by Crippen LogP contribution is 2.24. The van der Waals surface area contributed by atoms with E-state index in [9.17, 15) is 14.4 Å². The molecule has 1 unspecified atom stereocenters. The molecule has 2 aromatic rings. The van der Waals surface area contributed by atoms with Crippen LogP contribution < -0.4 is 5.32 Å².